The highest BCUT2D eigenvalue weighted by Gasteiger charge is 2.17. The summed E-state index contributed by atoms with van der Waals surface area (Å²) >= 11 is 0. The quantitative estimate of drug-likeness (QED) is 0.774. The van der Waals surface area contributed by atoms with Crippen LogP contribution in [-0.4, -0.2) is 25.0 Å². The van der Waals surface area contributed by atoms with Crippen LogP contribution in [0.2, 0.25) is 0 Å². The molecule has 114 valence electrons. The van der Waals surface area contributed by atoms with Crippen LogP contribution >= 0.6 is 0 Å². The van der Waals surface area contributed by atoms with E-state index < -0.39 is 17.3 Å². The molecule has 0 aliphatic rings. The molecule has 0 aliphatic carbocycles. The molecule has 0 bridgehead atoms. The molecule has 0 saturated carbocycles. The maximum absolute atomic E-state index is 14.0. The number of benzene rings is 1. The predicted molar refractivity (Wildman–Crippen MR) is 75.0 cm³/mol. The molecule has 0 atom stereocenters. The molecule has 0 fully saturated rings. The third-order valence-corrected chi connectivity index (χ3v) is 3.51. The molecule has 3 aromatic rings. The summed E-state index contributed by atoms with van der Waals surface area (Å²) in [6.07, 6.45) is 0.295. The van der Waals surface area contributed by atoms with Gasteiger partial charge in [0.05, 0.1) is 11.4 Å². The van der Waals surface area contributed by atoms with Crippen molar-refractivity contribution < 1.29 is 8.78 Å². The first-order chi connectivity index (χ1) is 10.5. The zero-order valence-corrected chi connectivity index (χ0v) is 11.9. The zero-order valence-electron chi connectivity index (χ0n) is 11.9. The standard InChI is InChI=1S/C14H13F2N5O/c1-7-10(8(2)18-17-7)6-13-19-20-14(22)21(13)12-4-3-9(15)5-11(12)16/h3-5H,6H2,1-2H3,(H,17,18)(H,20,22). The van der Waals surface area contributed by atoms with E-state index in [0.717, 1.165) is 33.7 Å². The lowest BCUT2D eigenvalue weighted by atomic mass is 10.1. The minimum atomic E-state index is -0.828. The largest absolute Gasteiger partial charge is 0.348 e. The van der Waals surface area contributed by atoms with Crippen molar-refractivity contribution >= 4 is 0 Å². The molecule has 2 aromatic heterocycles. The highest BCUT2D eigenvalue weighted by Crippen LogP contribution is 2.18. The molecule has 3 rings (SSSR count). The van der Waals surface area contributed by atoms with Gasteiger partial charge in [0.15, 0.2) is 0 Å². The number of halogens is 2. The van der Waals surface area contributed by atoms with Crippen LogP contribution in [0.5, 0.6) is 0 Å². The van der Waals surface area contributed by atoms with Crippen LogP contribution in [0.15, 0.2) is 23.0 Å². The average Bonchev–Trinajstić information content (AvgIpc) is 2.97. The van der Waals surface area contributed by atoms with Crippen LogP contribution in [0, 0.1) is 25.5 Å². The van der Waals surface area contributed by atoms with E-state index >= 15 is 0 Å². The lowest BCUT2D eigenvalue weighted by Gasteiger charge is -2.07. The first-order valence-corrected chi connectivity index (χ1v) is 6.59. The SMILES string of the molecule is Cc1n[nH]c(C)c1Cc1n[nH]c(=O)n1-c1ccc(F)cc1F. The van der Waals surface area contributed by atoms with E-state index in [1.54, 1.807) is 0 Å². The number of rotatable bonds is 3. The van der Waals surface area contributed by atoms with Crippen LogP contribution in [0.3, 0.4) is 0 Å². The van der Waals surface area contributed by atoms with Gasteiger partial charge in [0.1, 0.15) is 17.5 Å². The molecule has 6 nitrogen and oxygen atoms in total. The highest BCUT2D eigenvalue weighted by atomic mass is 19.1. The lowest BCUT2D eigenvalue weighted by Crippen LogP contribution is -2.18. The number of nitrogens with one attached hydrogen (secondary N) is 2. The van der Waals surface area contributed by atoms with Gasteiger partial charge in [0.25, 0.3) is 0 Å². The molecule has 0 saturated heterocycles. The van der Waals surface area contributed by atoms with Crippen molar-refractivity contribution in [3.63, 3.8) is 0 Å². The molecule has 0 amide bonds. The molecule has 22 heavy (non-hydrogen) atoms. The molecule has 2 N–H and O–H groups in total. The Bertz CT molecular complexity index is 874. The maximum atomic E-state index is 14.0. The molecule has 2 heterocycles. The normalized spacial score (nSPS) is 11.1. The number of aryl methyl sites for hydroxylation is 2. The summed E-state index contributed by atoms with van der Waals surface area (Å²) < 4.78 is 28.1. The van der Waals surface area contributed by atoms with Crippen LogP contribution in [-0.2, 0) is 6.42 Å². The second kappa shape index (κ2) is 5.21. The smallest absolute Gasteiger partial charge is 0.282 e. The number of H-pyrrole nitrogens is 2. The fourth-order valence-electron chi connectivity index (χ4n) is 2.35. The van der Waals surface area contributed by atoms with Crippen molar-refractivity contribution in [1.29, 1.82) is 0 Å². The van der Waals surface area contributed by atoms with E-state index in [9.17, 15) is 13.6 Å². The molecule has 8 heteroatoms. The van der Waals surface area contributed by atoms with Crippen molar-refractivity contribution in [1.82, 2.24) is 25.0 Å². The Morgan fingerprint density at radius 2 is 1.95 bits per heavy atom. The molecule has 0 aliphatic heterocycles. The lowest BCUT2D eigenvalue weighted by molar-refractivity contribution is 0.575. The summed E-state index contributed by atoms with van der Waals surface area (Å²) in [6, 6.07) is 3.03. The van der Waals surface area contributed by atoms with E-state index in [-0.39, 0.29) is 5.69 Å². The summed E-state index contributed by atoms with van der Waals surface area (Å²) in [5.74, 6) is -1.21. The van der Waals surface area contributed by atoms with Crippen molar-refractivity contribution in [2.24, 2.45) is 0 Å². The zero-order chi connectivity index (χ0) is 15.9. The fourth-order valence-corrected chi connectivity index (χ4v) is 2.35. The van der Waals surface area contributed by atoms with Crippen molar-refractivity contribution in [2.75, 3.05) is 0 Å². The van der Waals surface area contributed by atoms with Gasteiger partial charge in [0, 0.05) is 23.7 Å². The molecule has 0 unspecified atom stereocenters. The number of aromatic amines is 2. The van der Waals surface area contributed by atoms with E-state index in [1.807, 2.05) is 13.8 Å². The van der Waals surface area contributed by atoms with Gasteiger partial charge in [0.2, 0.25) is 0 Å². The van der Waals surface area contributed by atoms with E-state index in [0.29, 0.717) is 12.2 Å². The van der Waals surface area contributed by atoms with Gasteiger partial charge in [-0.05, 0) is 26.0 Å². The maximum Gasteiger partial charge on any atom is 0.348 e. The first kappa shape index (κ1) is 14.2. The molecule has 0 radical (unpaired) electrons. The monoisotopic (exact) mass is 305 g/mol. The second-order valence-corrected chi connectivity index (χ2v) is 4.97. The summed E-state index contributed by atoms with van der Waals surface area (Å²) in [5, 5.41) is 13.2. The van der Waals surface area contributed by atoms with Gasteiger partial charge in [-0.3, -0.25) is 5.10 Å². The van der Waals surface area contributed by atoms with Gasteiger partial charge in [-0.15, -0.1) is 0 Å². The van der Waals surface area contributed by atoms with E-state index in [1.165, 1.54) is 6.07 Å². The number of hydrogen-bond acceptors (Lipinski definition) is 3. The summed E-state index contributed by atoms with van der Waals surface area (Å²) in [7, 11) is 0. The number of aromatic nitrogens is 5. The predicted octanol–water partition coefficient (Wildman–Crippen LogP) is 1.77. The Balaban J connectivity index is 2.10. The summed E-state index contributed by atoms with van der Waals surface area (Å²) in [5.41, 5.74) is 1.87. The molecule has 0 spiro atoms. The minimum Gasteiger partial charge on any atom is -0.282 e. The van der Waals surface area contributed by atoms with Gasteiger partial charge in [-0.2, -0.15) is 10.2 Å². The van der Waals surface area contributed by atoms with Crippen molar-refractivity contribution in [2.45, 2.75) is 20.3 Å². The molecule has 1 aromatic carbocycles. The minimum absolute atomic E-state index is 0.0473. The topological polar surface area (TPSA) is 79.4 Å². The van der Waals surface area contributed by atoms with Gasteiger partial charge < -0.3 is 0 Å². The second-order valence-electron chi connectivity index (χ2n) is 4.97. The molecular weight excluding hydrogens is 292 g/mol. The van der Waals surface area contributed by atoms with Crippen LogP contribution in [0.4, 0.5) is 8.78 Å². The number of nitrogens with zero attached hydrogens (tertiary/aromatic N) is 3. The Morgan fingerprint density at radius 3 is 2.59 bits per heavy atom. The van der Waals surface area contributed by atoms with E-state index in [2.05, 4.69) is 20.4 Å². The van der Waals surface area contributed by atoms with Gasteiger partial charge in [-0.1, -0.05) is 0 Å². The van der Waals surface area contributed by atoms with Crippen molar-refractivity contribution in [3.05, 3.63) is 63.1 Å². The first-order valence-electron chi connectivity index (χ1n) is 6.59. The molecular formula is C14H13F2N5O. The van der Waals surface area contributed by atoms with E-state index in [4.69, 9.17) is 0 Å². The van der Waals surface area contributed by atoms with Crippen molar-refractivity contribution in [3.8, 4) is 5.69 Å². The van der Waals surface area contributed by atoms with Gasteiger partial charge in [-0.25, -0.2) is 23.2 Å². The Morgan fingerprint density at radius 1 is 1.18 bits per heavy atom. The van der Waals surface area contributed by atoms with Gasteiger partial charge >= 0.3 is 5.69 Å². The summed E-state index contributed by atoms with van der Waals surface area (Å²) in [4.78, 5) is 11.9. The fraction of sp³-hybridized carbons (Fsp3) is 0.214. The van der Waals surface area contributed by atoms with Crippen LogP contribution in [0.25, 0.3) is 5.69 Å². The highest BCUT2D eigenvalue weighted by molar-refractivity contribution is 5.36. The van der Waals surface area contributed by atoms with Crippen LogP contribution in [0.1, 0.15) is 22.8 Å². The third kappa shape index (κ3) is 2.32. The third-order valence-electron chi connectivity index (χ3n) is 3.51. The Hall–Kier alpha value is -2.77. The summed E-state index contributed by atoms with van der Waals surface area (Å²) in [6.45, 7) is 3.68. The Labute approximate surface area is 123 Å². The number of hydrogen-bond donors (Lipinski definition) is 2. The van der Waals surface area contributed by atoms with Crippen LogP contribution < -0.4 is 5.69 Å². The Kier molecular flexibility index (Phi) is 3.36. The average molecular weight is 305 g/mol.